The summed E-state index contributed by atoms with van der Waals surface area (Å²) in [6, 6.07) is 6.08. The Morgan fingerprint density at radius 3 is 2.65 bits per heavy atom. The van der Waals surface area contributed by atoms with Crippen molar-refractivity contribution in [1.29, 1.82) is 0 Å². The Labute approximate surface area is 123 Å². The van der Waals surface area contributed by atoms with E-state index in [0.717, 1.165) is 36.6 Å². The van der Waals surface area contributed by atoms with Crippen LogP contribution in [0.25, 0.3) is 0 Å². The summed E-state index contributed by atoms with van der Waals surface area (Å²) in [5.41, 5.74) is 2.33. The van der Waals surface area contributed by atoms with Crippen molar-refractivity contribution in [2.45, 2.75) is 33.7 Å². The van der Waals surface area contributed by atoms with Crippen molar-refractivity contribution in [2.24, 2.45) is 5.92 Å². The summed E-state index contributed by atoms with van der Waals surface area (Å²) in [7, 11) is 1.67. The molecule has 1 N–H and O–H groups in total. The van der Waals surface area contributed by atoms with Crippen LogP contribution in [0.4, 0.5) is 0 Å². The molecule has 0 aromatic heterocycles. The molecule has 112 valence electrons. The van der Waals surface area contributed by atoms with Crippen LogP contribution >= 0.6 is 0 Å². The van der Waals surface area contributed by atoms with E-state index in [0.29, 0.717) is 12.5 Å². The lowest BCUT2D eigenvalue weighted by Crippen LogP contribution is -2.18. The predicted molar refractivity (Wildman–Crippen MR) is 84.5 cm³/mol. The molecule has 0 radical (unpaired) electrons. The molecule has 0 saturated carbocycles. The maximum Gasteiger partial charge on any atom is 0.161 e. The van der Waals surface area contributed by atoms with Gasteiger partial charge >= 0.3 is 0 Å². The van der Waals surface area contributed by atoms with Crippen LogP contribution in [0, 0.1) is 5.92 Å². The number of hydrogen-bond donors (Lipinski definition) is 1. The highest BCUT2D eigenvalue weighted by Crippen LogP contribution is 2.28. The summed E-state index contributed by atoms with van der Waals surface area (Å²) < 4.78 is 11.1. The Morgan fingerprint density at radius 2 is 2.05 bits per heavy atom. The Kier molecular flexibility index (Phi) is 7.16. The van der Waals surface area contributed by atoms with Crippen LogP contribution in [0.5, 0.6) is 11.5 Å². The van der Waals surface area contributed by atoms with E-state index in [2.05, 4.69) is 31.8 Å². The van der Waals surface area contributed by atoms with Gasteiger partial charge < -0.3 is 14.8 Å². The van der Waals surface area contributed by atoms with Gasteiger partial charge in [0.15, 0.2) is 11.5 Å². The lowest BCUT2D eigenvalue weighted by Gasteiger charge is -2.13. The van der Waals surface area contributed by atoms with Gasteiger partial charge in [-0.2, -0.15) is 0 Å². The van der Waals surface area contributed by atoms with Gasteiger partial charge in [-0.3, -0.25) is 0 Å². The predicted octanol–water partition coefficient (Wildman–Crippen LogP) is 3.79. The molecule has 20 heavy (non-hydrogen) atoms. The van der Waals surface area contributed by atoms with Crippen molar-refractivity contribution in [1.82, 2.24) is 5.32 Å². The van der Waals surface area contributed by atoms with Gasteiger partial charge in [0.25, 0.3) is 0 Å². The van der Waals surface area contributed by atoms with Crippen molar-refractivity contribution in [2.75, 3.05) is 20.3 Å². The van der Waals surface area contributed by atoms with Crippen LogP contribution in [0.3, 0.4) is 0 Å². The first-order valence-electron chi connectivity index (χ1n) is 7.17. The van der Waals surface area contributed by atoms with Gasteiger partial charge in [-0.25, -0.2) is 0 Å². The minimum absolute atomic E-state index is 0.636. The van der Waals surface area contributed by atoms with Crippen LogP contribution in [0.15, 0.2) is 30.4 Å². The summed E-state index contributed by atoms with van der Waals surface area (Å²) >= 11 is 0. The summed E-state index contributed by atoms with van der Waals surface area (Å²) in [6.07, 6.45) is 0.862. The number of methoxy groups -OCH3 is 1. The molecule has 0 bridgehead atoms. The van der Waals surface area contributed by atoms with Crippen LogP contribution in [0.2, 0.25) is 0 Å². The highest BCUT2D eigenvalue weighted by molar-refractivity contribution is 5.43. The van der Waals surface area contributed by atoms with Crippen molar-refractivity contribution in [3.8, 4) is 11.5 Å². The lowest BCUT2D eigenvalue weighted by molar-refractivity contribution is 0.297. The van der Waals surface area contributed by atoms with E-state index in [1.54, 1.807) is 7.11 Å². The molecule has 1 rings (SSSR count). The van der Waals surface area contributed by atoms with Gasteiger partial charge in [-0.05, 0) is 37.1 Å². The van der Waals surface area contributed by atoms with Gasteiger partial charge in [-0.1, -0.05) is 25.5 Å². The number of nitrogens with one attached hydrogen (secondary N) is 1. The zero-order valence-corrected chi connectivity index (χ0v) is 13.2. The zero-order chi connectivity index (χ0) is 15.0. The molecule has 0 atom stereocenters. The fraction of sp³-hybridized carbons (Fsp3) is 0.529. The molecule has 0 amide bonds. The summed E-state index contributed by atoms with van der Waals surface area (Å²) in [6.45, 7) is 12.8. The highest BCUT2D eigenvalue weighted by atomic mass is 16.5. The Balaban J connectivity index is 2.58. The molecule has 0 spiro atoms. The SMILES string of the molecule is C=C(C)CCOc1ccc(CNCC(C)C)cc1OC. The molecule has 0 unspecified atom stereocenters. The topological polar surface area (TPSA) is 30.5 Å². The van der Waals surface area contributed by atoms with Gasteiger partial charge in [-0.15, -0.1) is 6.58 Å². The molecule has 0 fully saturated rings. The zero-order valence-electron chi connectivity index (χ0n) is 13.2. The van der Waals surface area contributed by atoms with Gasteiger partial charge in [0.1, 0.15) is 0 Å². The third-order valence-corrected chi connectivity index (χ3v) is 2.90. The molecule has 3 nitrogen and oxygen atoms in total. The first-order valence-corrected chi connectivity index (χ1v) is 7.17. The average Bonchev–Trinajstić information content (AvgIpc) is 2.39. The highest BCUT2D eigenvalue weighted by Gasteiger charge is 2.06. The molecule has 0 aliphatic heterocycles. The molecule has 1 aromatic rings. The molecular weight excluding hydrogens is 250 g/mol. The van der Waals surface area contributed by atoms with Crippen molar-refractivity contribution >= 4 is 0 Å². The molecule has 0 aliphatic rings. The van der Waals surface area contributed by atoms with Gasteiger partial charge in [0.2, 0.25) is 0 Å². The van der Waals surface area contributed by atoms with E-state index in [9.17, 15) is 0 Å². The minimum Gasteiger partial charge on any atom is -0.493 e. The van der Waals surface area contributed by atoms with Gasteiger partial charge in [0.05, 0.1) is 13.7 Å². The van der Waals surface area contributed by atoms with E-state index in [1.165, 1.54) is 5.56 Å². The first-order chi connectivity index (χ1) is 9.52. The normalized spacial score (nSPS) is 10.7. The third-order valence-electron chi connectivity index (χ3n) is 2.90. The summed E-state index contributed by atoms with van der Waals surface area (Å²) in [5.74, 6) is 2.23. The first kappa shape index (κ1) is 16.6. The summed E-state index contributed by atoms with van der Waals surface area (Å²) in [5, 5.41) is 3.42. The number of hydrogen-bond acceptors (Lipinski definition) is 3. The standard InChI is InChI=1S/C17H27NO2/c1-13(2)8-9-20-16-7-6-15(10-17(16)19-5)12-18-11-14(3)4/h6-7,10,14,18H,1,8-9,11-12H2,2-5H3. The summed E-state index contributed by atoms with van der Waals surface area (Å²) in [4.78, 5) is 0. The van der Waals surface area contributed by atoms with E-state index in [1.807, 2.05) is 19.1 Å². The molecule has 0 saturated heterocycles. The van der Waals surface area contributed by atoms with E-state index in [4.69, 9.17) is 9.47 Å². The maximum absolute atomic E-state index is 5.73. The fourth-order valence-corrected chi connectivity index (χ4v) is 1.78. The quantitative estimate of drug-likeness (QED) is 0.697. The Morgan fingerprint density at radius 1 is 1.30 bits per heavy atom. The third kappa shape index (κ3) is 6.11. The van der Waals surface area contributed by atoms with Crippen LogP contribution in [-0.4, -0.2) is 20.3 Å². The molecule has 3 heteroatoms. The average molecular weight is 277 g/mol. The van der Waals surface area contributed by atoms with Crippen molar-refractivity contribution in [3.63, 3.8) is 0 Å². The molecule has 0 heterocycles. The fourth-order valence-electron chi connectivity index (χ4n) is 1.78. The Bertz CT molecular complexity index is 427. The largest absolute Gasteiger partial charge is 0.493 e. The second-order valence-corrected chi connectivity index (χ2v) is 5.57. The number of rotatable bonds is 9. The van der Waals surface area contributed by atoms with Gasteiger partial charge in [0, 0.05) is 13.0 Å². The smallest absolute Gasteiger partial charge is 0.161 e. The van der Waals surface area contributed by atoms with E-state index >= 15 is 0 Å². The molecule has 0 aliphatic carbocycles. The maximum atomic E-state index is 5.73. The molecule has 1 aromatic carbocycles. The van der Waals surface area contributed by atoms with E-state index in [-0.39, 0.29) is 0 Å². The molecular formula is C17H27NO2. The minimum atomic E-state index is 0.636. The van der Waals surface area contributed by atoms with Crippen molar-refractivity contribution < 1.29 is 9.47 Å². The van der Waals surface area contributed by atoms with E-state index < -0.39 is 0 Å². The van der Waals surface area contributed by atoms with Crippen LogP contribution in [-0.2, 0) is 6.54 Å². The second kappa shape index (κ2) is 8.64. The second-order valence-electron chi connectivity index (χ2n) is 5.57. The van der Waals surface area contributed by atoms with Crippen molar-refractivity contribution in [3.05, 3.63) is 35.9 Å². The number of ether oxygens (including phenoxy) is 2. The number of benzene rings is 1. The lowest BCUT2D eigenvalue weighted by atomic mass is 10.2. The van der Waals surface area contributed by atoms with Crippen LogP contribution < -0.4 is 14.8 Å². The Hall–Kier alpha value is -1.48. The van der Waals surface area contributed by atoms with Crippen LogP contribution in [0.1, 0.15) is 32.8 Å². The monoisotopic (exact) mass is 277 g/mol.